The van der Waals surface area contributed by atoms with Gasteiger partial charge in [-0.3, -0.25) is 9.59 Å². The lowest BCUT2D eigenvalue weighted by Crippen LogP contribution is -2.67. The maximum Gasteiger partial charge on any atom is 0.250 e. The van der Waals surface area contributed by atoms with E-state index in [2.05, 4.69) is 5.32 Å². The molecule has 2 fully saturated rings. The van der Waals surface area contributed by atoms with Crippen molar-refractivity contribution in [2.45, 2.75) is 37.1 Å². The van der Waals surface area contributed by atoms with Gasteiger partial charge in [0.1, 0.15) is 18.8 Å². The van der Waals surface area contributed by atoms with Gasteiger partial charge < -0.3 is 19.7 Å². The number of anilines is 1. The fourth-order valence-electron chi connectivity index (χ4n) is 4.27. The Balaban J connectivity index is 1.33. The summed E-state index contributed by atoms with van der Waals surface area (Å²) in [5.41, 5.74) is 0.394. The Labute approximate surface area is 169 Å². The number of fused-ring (bicyclic) bond motifs is 1. The maximum atomic E-state index is 13.4. The Hall–Kier alpha value is -3.02. The number of carbonyl (C=O) groups is 2. The summed E-state index contributed by atoms with van der Waals surface area (Å²) in [6.45, 7) is 3.48. The van der Waals surface area contributed by atoms with Crippen LogP contribution in [-0.2, 0) is 15.0 Å². The third-order valence-corrected chi connectivity index (χ3v) is 6.44. The molecule has 2 aromatic rings. The summed E-state index contributed by atoms with van der Waals surface area (Å²) in [6.07, 6.45) is 2.33. The molecular formula is C23H24N2O4. The highest BCUT2D eigenvalue weighted by Crippen LogP contribution is 2.52. The van der Waals surface area contributed by atoms with Gasteiger partial charge in [0, 0.05) is 18.3 Å². The first-order chi connectivity index (χ1) is 14.0. The molecule has 6 nitrogen and oxygen atoms in total. The van der Waals surface area contributed by atoms with E-state index in [-0.39, 0.29) is 11.8 Å². The molecule has 0 spiro atoms. The summed E-state index contributed by atoms with van der Waals surface area (Å²) in [6, 6.07) is 15.3. The molecule has 0 radical (unpaired) electrons. The molecule has 2 aliphatic heterocycles. The third-order valence-electron chi connectivity index (χ3n) is 6.44. The number of nitrogens with zero attached hydrogens (tertiary/aromatic N) is 1. The van der Waals surface area contributed by atoms with E-state index in [9.17, 15) is 9.59 Å². The quantitative estimate of drug-likeness (QED) is 0.868. The van der Waals surface area contributed by atoms with Gasteiger partial charge in [-0.1, -0.05) is 30.3 Å². The van der Waals surface area contributed by atoms with E-state index in [0.29, 0.717) is 43.4 Å². The van der Waals surface area contributed by atoms with Crippen LogP contribution in [0.4, 0.5) is 5.69 Å². The largest absolute Gasteiger partial charge is 0.486 e. The molecule has 2 heterocycles. The van der Waals surface area contributed by atoms with Crippen LogP contribution in [0.1, 0.15) is 31.7 Å². The van der Waals surface area contributed by atoms with Crippen LogP contribution in [0, 0.1) is 0 Å². The molecule has 2 amide bonds. The van der Waals surface area contributed by atoms with E-state index in [1.165, 1.54) is 0 Å². The van der Waals surface area contributed by atoms with Crippen molar-refractivity contribution >= 4 is 17.5 Å². The van der Waals surface area contributed by atoms with Crippen LogP contribution in [0.2, 0.25) is 0 Å². The second-order valence-corrected chi connectivity index (χ2v) is 8.24. The number of likely N-dealkylation sites (tertiary alicyclic amines) is 1. The van der Waals surface area contributed by atoms with E-state index in [1.807, 2.05) is 37.3 Å². The highest BCUT2D eigenvalue weighted by molar-refractivity contribution is 6.03. The second-order valence-electron chi connectivity index (χ2n) is 8.24. The van der Waals surface area contributed by atoms with Crippen molar-refractivity contribution in [1.29, 1.82) is 0 Å². The molecule has 3 aliphatic rings. The van der Waals surface area contributed by atoms with Crippen LogP contribution in [0.25, 0.3) is 0 Å². The first-order valence-electron chi connectivity index (χ1n) is 10.1. The minimum absolute atomic E-state index is 0.0646. The molecule has 1 unspecified atom stereocenters. The normalized spacial score (nSPS) is 23.7. The van der Waals surface area contributed by atoms with Gasteiger partial charge in [-0.15, -0.1) is 0 Å². The van der Waals surface area contributed by atoms with Gasteiger partial charge in [0.05, 0.1) is 5.41 Å². The molecule has 1 saturated heterocycles. The van der Waals surface area contributed by atoms with Crippen LogP contribution in [0.5, 0.6) is 11.5 Å². The van der Waals surface area contributed by atoms with E-state index in [0.717, 1.165) is 18.4 Å². The van der Waals surface area contributed by atoms with Gasteiger partial charge in [0.15, 0.2) is 11.5 Å². The van der Waals surface area contributed by atoms with E-state index < -0.39 is 11.0 Å². The average molecular weight is 392 g/mol. The number of carbonyl (C=O) groups excluding carboxylic acids is 2. The first-order valence-corrected chi connectivity index (χ1v) is 10.1. The summed E-state index contributed by atoms with van der Waals surface area (Å²) in [7, 11) is 0. The van der Waals surface area contributed by atoms with Crippen molar-refractivity contribution in [3.63, 3.8) is 0 Å². The fourth-order valence-corrected chi connectivity index (χ4v) is 4.27. The van der Waals surface area contributed by atoms with E-state index >= 15 is 0 Å². The Morgan fingerprint density at radius 3 is 2.34 bits per heavy atom. The molecule has 5 rings (SSSR count). The Morgan fingerprint density at radius 1 is 0.966 bits per heavy atom. The van der Waals surface area contributed by atoms with Crippen LogP contribution in [0.15, 0.2) is 48.5 Å². The zero-order valence-corrected chi connectivity index (χ0v) is 16.4. The smallest absolute Gasteiger partial charge is 0.250 e. The third kappa shape index (κ3) is 2.85. The topological polar surface area (TPSA) is 67.9 Å². The fraction of sp³-hybridized carbons (Fsp3) is 0.391. The highest BCUT2D eigenvalue weighted by Gasteiger charge is 2.59. The summed E-state index contributed by atoms with van der Waals surface area (Å²) in [5, 5.41) is 2.96. The van der Waals surface area contributed by atoms with Crippen molar-refractivity contribution in [2.75, 3.05) is 25.1 Å². The number of benzene rings is 2. The van der Waals surface area contributed by atoms with Crippen LogP contribution >= 0.6 is 0 Å². The molecule has 0 bridgehead atoms. The molecule has 6 heteroatoms. The predicted octanol–water partition coefficient (Wildman–Crippen LogP) is 3.12. The van der Waals surface area contributed by atoms with Gasteiger partial charge in [-0.25, -0.2) is 0 Å². The van der Waals surface area contributed by atoms with Crippen LogP contribution < -0.4 is 14.8 Å². The second kappa shape index (κ2) is 6.51. The SMILES string of the molecule is CC1(C(=O)Nc2ccc3c(c2)OCCO3)CCN1C(=O)C1(c2ccccc2)CC1. The average Bonchev–Trinajstić information content (AvgIpc) is 3.55. The number of rotatable bonds is 4. The summed E-state index contributed by atoms with van der Waals surface area (Å²) < 4.78 is 11.1. The summed E-state index contributed by atoms with van der Waals surface area (Å²) in [5.74, 6) is 1.20. The molecule has 1 saturated carbocycles. The highest BCUT2D eigenvalue weighted by atomic mass is 16.6. The molecule has 2 aromatic carbocycles. The first kappa shape index (κ1) is 18.0. The minimum atomic E-state index is -0.839. The van der Waals surface area contributed by atoms with Gasteiger partial charge in [-0.2, -0.15) is 0 Å². The van der Waals surface area contributed by atoms with Gasteiger partial charge in [-0.05, 0) is 43.9 Å². The summed E-state index contributed by atoms with van der Waals surface area (Å²) in [4.78, 5) is 28.2. The van der Waals surface area contributed by atoms with Crippen molar-refractivity contribution < 1.29 is 19.1 Å². The molecule has 150 valence electrons. The number of ether oxygens (including phenoxy) is 2. The number of hydrogen-bond donors (Lipinski definition) is 1. The molecule has 0 aromatic heterocycles. The Kier molecular flexibility index (Phi) is 4.05. The van der Waals surface area contributed by atoms with Crippen molar-refractivity contribution in [1.82, 2.24) is 4.90 Å². The monoisotopic (exact) mass is 392 g/mol. The van der Waals surface area contributed by atoms with Gasteiger partial charge >= 0.3 is 0 Å². The molecule has 1 aliphatic carbocycles. The lowest BCUT2D eigenvalue weighted by molar-refractivity contribution is -0.156. The molecule has 1 atom stereocenters. The van der Waals surface area contributed by atoms with Crippen molar-refractivity contribution in [3.8, 4) is 11.5 Å². The zero-order valence-electron chi connectivity index (χ0n) is 16.4. The van der Waals surface area contributed by atoms with Gasteiger partial charge in [0.2, 0.25) is 11.8 Å². The van der Waals surface area contributed by atoms with Crippen LogP contribution in [0.3, 0.4) is 0 Å². The van der Waals surface area contributed by atoms with Crippen molar-refractivity contribution in [2.24, 2.45) is 0 Å². The number of nitrogens with one attached hydrogen (secondary N) is 1. The zero-order chi connectivity index (χ0) is 20.1. The van der Waals surface area contributed by atoms with Crippen molar-refractivity contribution in [3.05, 3.63) is 54.1 Å². The summed E-state index contributed by atoms with van der Waals surface area (Å²) >= 11 is 0. The lowest BCUT2D eigenvalue weighted by Gasteiger charge is -2.50. The molecule has 29 heavy (non-hydrogen) atoms. The standard InChI is InChI=1S/C23H24N2O4/c1-22(20(26)24-17-7-8-18-19(15-17)29-14-13-28-18)11-12-25(22)21(27)23(9-10-23)16-5-3-2-4-6-16/h2-8,15H,9-14H2,1H3,(H,24,26). The Morgan fingerprint density at radius 2 is 1.69 bits per heavy atom. The van der Waals surface area contributed by atoms with Gasteiger partial charge in [0.25, 0.3) is 0 Å². The molecular weight excluding hydrogens is 368 g/mol. The lowest BCUT2D eigenvalue weighted by atomic mass is 9.82. The maximum absolute atomic E-state index is 13.4. The Bertz CT molecular complexity index is 970. The van der Waals surface area contributed by atoms with Crippen LogP contribution in [-0.4, -0.2) is 42.0 Å². The predicted molar refractivity (Wildman–Crippen MR) is 108 cm³/mol. The minimum Gasteiger partial charge on any atom is -0.486 e. The number of hydrogen-bond acceptors (Lipinski definition) is 4. The molecule has 1 N–H and O–H groups in total. The van der Waals surface area contributed by atoms with E-state index in [4.69, 9.17) is 9.47 Å². The number of amides is 2. The van der Waals surface area contributed by atoms with E-state index in [1.54, 1.807) is 23.1 Å².